The molecule has 2 aliphatic heterocycles. The highest BCUT2D eigenvalue weighted by Crippen LogP contribution is 2.44. The number of carboxylic acid groups (broad SMARTS) is 1. The third-order valence-corrected chi connectivity index (χ3v) is 8.57. The van der Waals surface area contributed by atoms with Gasteiger partial charge in [0.05, 0.1) is 22.7 Å². The van der Waals surface area contributed by atoms with E-state index in [0.29, 0.717) is 22.5 Å². The van der Waals surface area contributed by atoms with Gasteiger partial charge in [0.1, 0.15) is 0 Å². The lowest BCUT2D eigenvalue weighted by Crippen LogP contribution is -2.48. The summed E-state index contributed by atoms with van der Waals surface area (Å²) >= 11 is 1.37. The van der Waals surface area contributed by atoms with Crippen LogP contribution in [0.5, 0.6) is 0 Å². The molecule has 1 N–H and O–H groups in total. The lowest BCUT2D eigenvalue weighted by molar-refractivity contribution is -0.122. The highest BCUT2D eigenvalue weighted by Gasteiger charge is 2.36. The van der Waals surface area contributed by atoms with Crippen LogP contribution >= 0.6 is 11.8 Å². The summed E-state index contributed by atoms with van der Waals surface area (Å²) in [6.45, 7) is 10.5. The summed E-state index contributed by atoms with van der Waals surface area (Å²) < 4.78 is 0. The highest BCUT2D eigenvalue weighted by atomic mass is 32.2. The van der Waals surface area contributed by atoms with E-state index < -0.39 is 5.97 Å². The fourth-order valence-corrected chi connectivity index (χ4v) is 6.67. The van der Waals surface area contributed by atoms with E-state index in [9.17, 15) is 14.7 Å². The van der Waals surface area contributed by atoms with Gasteiger partial charge in [0, 0.05) is 17.8 Å². The molecule has 0 aromatic heterocycles. The van der Waals surface area contributed by atoms with Crippen LogP contribution in [0.25, 0.3) is 6.08 Å². The van der Waals surface area contributed by atoms with E-state index in [4.69, 9.17) is 4.99 Å². The number of carbonyl (C=O) groups excluding carboxylic acids is 1. The Kier molecular flexibility index (Phi) is 7.86. The molecule has 40 heavy (non-hydrogen) atoms. The van der Waals surface area contributed by atoms with Crippen molar-refractivity contribution < 1.29 is 14.7 Å². The van der Waals surface area contributed by atoms with E-state index >= 15 is 0 Å². The average Bonchev–Trinajstić information content (AvgIpc) is 3.20. The average molecular weight is 554 g/mol. The number of carbonyl (C=O) groups is 2. The van der Waals surface area contributed by atoms with Crippen molar-refractivity contribution in [2.45, 2.75) is 58.5 Å². The van der Waals surface area contributed by atoms with Gasteiger partial charge in [-0.15, -0.1) is 0 Å². The van der Waals surface area contributed by atoms with Crippen molar-refractivity contribution in [3.63, 3.8) is 0 Å². The predicted octanol–water partition coefficient (Wildman–Crippen LogP) is 7.69. The maximum absolute atomic E-state index is 13.7. The number of amides is 1. The summed E-state index contributed by atoms with van der Waals surface area (Å²) in [5.41, 5.74) is 5.54. The molecule has 1 amide bonds. The zero-order chi connectivity index (χ0) is 28.4. The van der Waals surface area contributed by atoms with Crippen LogP contribution in [0.15, 0.2) is 82.7 Å². The number of aliphatic imine (C=N–C) groups is 1. The monoisotopic (exact) mass is 553 g/mol. The first-order valence-electron chi connectivity index (χ1n) is 13.8. The zero-order valence-corrected chi connectivity index (χ0v) is 24.2. The fourth-order valence-electron chi connectivity index (χ4n) is 5.68. The van der Waals surface area contributed by atoms with Crippen LogP contribution in [0, 0.1) is 0 Å². The number of carboxylic acids is 1. The van der Waals surface area contributed by atoms with Crippen LogP contribution in [0.3, 0.4) is 0 Å². The first kappa shape index (κ1) is 27.7. The summed E-state index contributed by atoms with van der Waals surface area (Å²) in [6, 6.07) is 22.8. The van der Waals surface area contributed by atoms with E-state index in [0.717, 1.165) is 36.2 Å². The molecule has 1 saturated heterocycles. The molecule has 0 radical (unpaired) electrons. The molecule has 1 atom stereocenters. The molecule has 2 heterocycles. The Morgan fingerprint density at radius 2 is 1.82 bits per heavy atom. The predicted molar refractivity (Wildman–Crippen MR) is 164 cm³/mol. The molecule has 3 aromatic rings. The SMILES string of the molecule is CCCN1c2ccc(/C=C3/SC(=Nc4ccccc4)N(Cc4ccc(C(=O)O)cc4)C3=O)cc2C(C)CC1(C)C. The quantitative estimate of drug-likeness (QED) is 0.304. The summed E-state index contributed by atoms with van der Waals surface area (Å²) in [5.74, 6) is -0.665. The first-order chi connectivity index (χ1) is 19.2. The van der Waals surface area contributed by atoms with Crippen molar-refractivity contribution >= 4 is 46.3 Å². The largest absolute Gasteiger partial charge is 0.478 e. The summed E-state index contributed by atoms with van der Waals surface area (Å²) in [7, 11) is 0. The molecular formula is C33H35N3O3S. The Morgan fingerprint density at radius 1 is 1.10 bits per heavy atom. The number of amidine groups is 1. The molecule has 0 aliphatic carbocycles. The molecule has 1 fully saturated rings. The smallest absolute Gasteiger partial charge is 0.335 e. The Labute approximate surface area is 240 Å². The molecule has 5 rings (SSSR count). The Balaban J connectivity index is 1.48. The summed E-state index contributed by atoms with van der Waals surface area (Å²) in [6.07, 6.45) is 4.14. The van der Waals surface area contributed by atoms with Crippen molar-refractivity contribution in [3.8, 4) is 0 Å². The number of hydrogen-bond acceptors (Lipinski definition) is 5. The Morgan fingerprint density at radius 3 is 2.50 bits per heavy atom. The standard InChI is InChI=1S/C33H35N3O3S/c1-5-17-36-28-16-13-24(18-27(28)22(2)20-33(36,3)4)19-29-30(37)35(21-23-11-14-25(15-12-23)31(38)39)32(40-29)34-26-9-7-6-8-10-26/h6-16,18-19,22H,5,17,20-21H2,1-4H3,(H,38,39)/b29-19+,34-32?. The van der Waals surface area contributed by atoms with Crippen molar-refractivity contribution in [1.82, 2.24) is 4.90 Å². The number of fused-ring (bicyclic) bond motifs is 1. The molecule has 1 unspecified atom stereocenters. The highest BCUT2D eigenvalue weighted by molar-refractivity contribution is 8.18. The zero-order valence-electron chi connectivity index (χ0n) is 23.4. The van der Waals surface area contributed by atoms with E-state index in [1.54, 1.807) is 29.2 Å². The molecule has 206 valence electrons. The van der Waals surface area contributed by atoms with Gasteiger partial charge in [-0.3, -0.25) is 9.69 Å². The number of nitrogens with zero attached hydrogens (tertiary/aromatic N) is 3. The number of thioether (sulfide) groups is 1. The van der Waals surface area contributed by atoms with Crippen LogP contribution in [0.4, 0.5) is 11.4 Å². The van der Waals surface area contributed by atoms with Crippen LogP contribution in [0.2, 0.25) is 0 Å². The number of hydrogen-bond donors (Lipinski definition) is 1. The molecular weight excluding hydrogens is 518 g/mol. The number of para-hydroxylation sites is 1. The van der Waals surface area contributed by atoms with Crippen molar-refractivity contribution in [3.05, 3.63) is 100.0 Å². The molecule has 0 saturated carbocycles. The van der Waals surface area contributed by atoms with Crippen molar-refractivity contribution in [1.29, 1.82) is 0 Å². The topological polar surface area (TPSA) is 73.2 Å². The maximum atomic E-state index is 13.7. The van der Waals surface area contributed by atoms with Gasteiger partial charge in [-0.25, -0.2) is 9.79 Å². The van der Waals surface area contributed by atoms with Crippen LogP contribution in [0.1, 0.15) is 73.5 Å². The number of aromatic carboxylic acids is 1. The van der Waals surface area contributed by atoms with E-state index in [1.807, 2.05) is 36.4 Å². The van der Waals surface area contributed by atoms with Crippen molar-refractivity contribution in [2.75, 3.05) is 11.4 Å². The van der Waals surface area contributed by atoms with Gasteiger partial charge in [0.2, 0.25) is 0 Å². The normalized spacial score (nSPS) is 20.3. The summed E-state index contributed by atoms with van der Waals surface area (Å²) in [4.78, 5) is 34.6. The number of rotatable bonds is 7. The minimum absolute atomic E-state index is 0.103. The number of anilines is 1. The van der Waals surface area contributed by atoms with Gasteiger partial charge < -0.3 is 10.0 Å². The van der Waals surface area contributed by atoms with Gasteiger partial charge in [0.15, 0.2) is 5.17 Å². The Hall–Kier alpha value is -3.84. The minimum atomic E-state index is -0.975. The van der Waals surface area contributed by atoms with E-state index in [1.165, 1.54) is 23.0 Å². The number of benzene rings is 3. The molecule has 3 aromatic carbocycles. The maximum Gasteiger partial charge on any atom is 0.335 e. The second-order valence-electron chi connectivity index (χ2n) is 11.1. The van der Waals surface area contributed by atoms with Gasteiger partial charge in [-0.2, -0.15) is 0 Å². The second-order valence-corrected chi connectivity index (χ2v) is 12.1. The van der Waals surface area contributed by atoms with Crippen LogP contribution in [-0.4, -0.2) is 39.1 Å². The summed E-state index contributed by atoms with van der Waals surface area (Å²) in [5, 5.41) is 9.85. The third kappa shape index (κ3) is 5.70. The minimum Gasteiger partial charge on any atom is -0.478 e. The molecule has 6 nitrogen and oxygen atoms in total. The lowest BCUT2D eigenvalue weighted by Gasteiger charge is -2.47. The lowest BCUT2D eigenvalue weighted by atomic mass is 9.79. The van der Waals surface area contributed by atoms with E-state index in [-0.39, 0.29) is 17.0 Å². The Bertz CT molecular complexity index is 1480. The van der Waals surface area contributed by atoms with Crippen LogP contribution in [-0.2, 0) is 11.3 Å². The van der Waals surface area contributed by atoms with E-state index in [2.05, 4.69) is 50.8 Å². The van der Waals surface area contributed by atoms with Gasteiger partial charge in [-0.05, 0) is 104 Å². The first-order valence-corrected chi connectivity index (χ1v) is 14.6. The molecule has 0 spiro atoms. The fraction of sp³-hybridized carbons (Fsp3) is 0.303. The molecule has 2 aliphatic rings. The third-order valence-electron chi connectivity index (χ3n) is 7.57. The van der Waals surface area contributed by atoms with Gasteiger partial charge in [-0.1, -0.05) is 50.2 Å². The van der Waals surface area contributed by atoms with Crippen LogP contribution < -0.4 is 4.90 Å². The van der Waals surface area contributed by atoms with Gasteiger partial charge >= 0.3 is 5.97 Å². The molecule has 0 bridgehead atoms. The van der Waals surface area contributed by atoms with Crippen molar-refractivity contribution in [2.24, 2.45) is 4.99 Å². The second kappa shape index (κ2) is 11.3. The molecule has 7 heteroatoms. The van der Waals surface area contributed by atoms with Gasteiger partial charge in [0.25, 0.3) is 5.91 Å².